The summed E-state index contributed by atoms with van der Waals surface area (Å²) in [5.41, 5.74) is 3.41. The SMILES string of the molecule is COC(=O)c1ccc(Cn2ccc3ccc(N(C(C)=O)C4CCCC4)cc32)c(OC)c1. The maximum absolute atomic E-state index is 12.4. The highest BCUT2D eigenvalue weighted by Gasteiger charge is 2.26. The number of nitrogens with zero attached hydrogens (tertiary/aromatic N) is 2. The first kappa shape index (κ1) is 21.0. The van der Waals surface area contributed by atoms with Gasteiger partial charge in [0.15, 0.2) is 0 Å². The van der Waals surface area contributed by atoms with Gasteiger partial charge in [-0.15, -0.1) is 0 Å². The molecule has 0 radical (unpaired) electrons. The Hall–Kier alpha value is -3.28. The molecule has 0 unspecified atom stereocenters. The number of ether oxygens (including phenoxy) is 2. The zero-order valence-corrected chi connectivity index (χ0v) is 18.3. The van der Waals surface area contributed by atoms with Gasteiger partial charge in [0, 0.05) is 30.4 Å². The summed E-state index contributed by atoms with van der Waals surface area (Å²) in [6.07, 6.45) is 6.50. The fraction of sp³-hybridized carbons (Fsp3) is 0.360. The van der Waals surface area contributed by atoms with Gasteiger partial charge < -0.3 is 18.9 Å². The Morgan fingerprint density at radius 2 is 1.84 bits per heavy atom. The Morgan fingerprint density at radius 3 is 2.52 bits per heavy atom. The molecule has 6 nitrogen and oxygen atoms in total. The predicted octanol–water partition coefficient (Wildman–Crippen LogP) is 4.78. The average molecular weight is 421 g/mol. The van der Waals surface area contributed by atoms with Crippen molar-refractivity contribution in [2.24, 2.45) is 0 Å². The van der Waals surface area contributed by atoms with Crippen LogP contribution < -0.4 is 9.64 Å². The Bertz CT molecular complexity index is 1110. The largest absolute Gasteiger partial charge is 0.496 e. The van der Waals surface area contributed by atoms with Crippen molar-refractivity contribution in [3.63, 3.8) is 0 Å². The van der Waals surface area contributed by atoms with E-state index in [4.69, 9.17) is 9.47 Å². The van der Waals surface area contributed by atoms with Crippen molar-refractivity contribution >= 4 is 28.5 Å². The predicted molar refractivity (Wildman–Crippen MR) is 121 cm³/mol. The molecule has 0 saturated heterocycles. The second-order valence-corrected chi connectivity index (χ2v) is 8.03. The number of esters is 1. The third-order valence-corrected chi connectivity index (χ3v) is 6.11. The molecule has 3 aromatic rings. The quantitative estimate of drug-likeness (QED) is 0.539. The Kier molecular flexibility index (Phi) is 5.98. The number of anilines is 1. The zero-order chi connectivity index (χ0) is 22.0. The molecule has 162 valence electrons. The molecule has 6 heteroatoms. The van der Waals surface area contributed by atoms with Crippen LogP contribution in [0.25, 0.3) is 10.9 Å². The van der Waals surface area contributed by atoms with E-state index in [9.17, 15) is 9.59 Å². The highest BCUT2D eigenvalue weighted by Crippen LogP contribution is 2.31. The van der Waals surface area contributed by atoms with Gasteiger partial charge in [0.2, 0.25) is 5.91 Å². The van der Waals surface area contributed by atoms with Crippen LogP contribution in [0.2, 0.25) is 0 Å². The van der Waals surface area contributed by atoms with E-state index in [1.807, 2.05) is 23.2 Å². The van der Waals surface area contributed by atoms with Gasteiger partial charge in [0.05, 0.1) is 31.8 Å². The first-order valence-corrected chi connectivity index (χ1v) is 10.7. The van der Waals surface area contributed by atoms with Crippen LogP contribution >= 0.6 is 0 Å². The second kappa shape index (κ2) is 8.84. The van der Waals surface area contributed by atoms with Crippen molar-refractivity contribution in [1.82, 2.24) is 4.57 Å². The number of carbonyl (C=O) groups is 2. The van der Waals surface area contributed by atoms with Crippen LogP contribution in [0.3, 0.4) is 0 Å². The number of carbonyl (C=O) groups excluding carboxylic acids is 2. The highest BCUT2D eigenvalue weighted by molar-refractivity contribution is 5.95. The van der Waals surface area contributed by atoms with Crippen LogP contribution in [0.1, 0.15) is 48.5 Å². The molecule has 2 aromatic carbocycles. The number of methoxy groups -OCH3 is 2. The van der Waals surface area contributed by atoms with Crippen molar-refractivity contribution < 1.29 is 19.1 Å². The van der Waals surface area contributed by atoms with Gasteiger partial charge >= 0.3 is 5.97 Å². The van der Waals surface area contributed by atoms with Crippen molar-refractivity contribution in [3.8, 4) is 5.75 Å². The molecule has 1 heterocycles. The number of fused-ring (bicyclic) bond motifs is 1. The lowest BCUT2D eigenvalue weighted by molar-refractivity contribution is -0.117. The van der Waals surface area contributed by atoms with Crippen molar-refractivity contribution in [3.05, 3.63) is 59.8 Å². The van der Waals surface area contributed by atoms with Crippen LogP contribution in [0.15, 0.2) is 48.7 Å². The standard InChI is InChI=1S/C25H28N2O4/c1-17(28)27(21-6-4-5-7-21)22-11-10-18-12-13-26(23(18)15-22)16-20-9-8-19(25(29)31-3)14-24(20)30-2/h8-15,21H,4-7,16H2,1-3H3. The number of rotatable bonds is 6. The van der Waals surface area contributed by atoms with Crippen LogP contribution in [-0.2, 0) is 16.1 Å². The molecule has 0 atom stereocenters. The van der Waals surface area contributed by atoms with Gasteiger partial charge in [-0.3, -0.25) is 4.79 Å². The van der Waals surface area contributed by atoms with Crippen LogP contribution in [0, 0.1) is 0 Å². The topological polar surface area (TPSA) is 60.8 Å². The maximum atomic E-state index is 12.4. The van der Waals surface area contributed by atoms with E-state index in [2.05, 4.69) is 22.8 Å². The highest BCUT2D eigenvalue weighted by atomic mass is 16.5. The summed E-state index contributed by atoms with van der Waals surface area (Å²) in [5.74, 6) is 0.332. The number of amides is 1. The van der Waals surface area contributed by atoms with E-state index in [1.54, 1.807) is 26.2 Å². The van der Waals surface area contributed by atoms with E-state index in [0.29, 0.717) is 17.9 Å². The summed E-state index contributed by atoms with van der Waals surface area (Å²) in [7, 11) is 2.96. The molecule has 1 saturated carbocycles. The van der Waals surface area contributed by atoms with E-state index in [-0.39, 0.29) is 11.9 Å². The van der Waals surface area contributed by atoms with Crippen LogP contribution in [0.5, 0.6) is 5.75 Å². The Balaban J connectivity index is 1.68. The second-order valence-electron chi connectivity index (χ2n) is 8.03. The van der Waals surface area contributed by atoms with Crippen molar-refractivity contribution in [2.45, 2.75) is 45.2 Å². The van der Waals surface area contributed by atoms with Gasteiger partial charge in [0.1, 0.15) is 5.75 Å². The zero-order valence-electron chi connectivity index (χ0n) is 18.3. The minimum Gasteiger partial charge on any atom is -0.496 e. The first-order valence-electron chi connectivity index (χ1n) is 10.7. The molecule has 1 amide bonds. The third-order valence-electron chi connectivity index (χ3n) is 6.11. The lowest BCUT2D eigenvalue weighted by atomic mass is 10.1. The summed E-state index contributed by atoms with van der Waals surface area (Å²) < 4.78 is 12.5. The van der Waals surface area contributed by atoms with Crippen LogP contribution in [-0.4, -0.2) is 36.7 Å². The minimum absolute atomic E-state index is 0.0874. The van der Waals surface area contributed by atoms with E-state index < -0.39 is 5.97 Å². The molecule has 1 aliphatic rings. The molecule has 0 N–H and O–H groups in total. The third kappa shape index (κ3) is 4.15. The lowest BCUT2D eigenvalue weighted by Crippen LogP contribution is -2.37. The Labute approximate surface area is 182 Å². The molecule has 1 aromatic heterocycles. The van der Waals surface area contributed by atoms with Gasteiger partial charge in [0.25, 0.3) is 0 Å². The fourth-order valence-corrected chi connectivity index (χ4v) is 4.58. The normalized spacial score (nSPS) is 14.0. The smallest absolute Gasteiger partial charge is 0.337 e. The molecular weight excluding hydrogens is 392 g/mol. The van der Waals surface area contributed by atoms with E-state index in [0.717, 1.165) is 35.0 Å². The molecule has 0 bridgehead atoms. The molecule has 1 fully saturated rings. The molecule has 4 rings (SSSR count). The Morgan fingerprint density at radius 1 is 1.06 bits per heavy atom. The van der Waals surface area contributed by atoms with Gasteiger partial charge in [-0.05, 0) is 48.6 Å². The summed E-state index contributed by atoms with van der Waals surface area (Å²) in [6.45, 7) is 2.23. The molecule has 0 aliphatic heterocycles. The molecule has 1 aliphatic carbocycles. The van der Waals surface area contributed by atoms with Crippen molar-refractivity contribution in [2.75, 3.05) is 19.1 Å². The molecular formula is C25H28N2O4. The summed E-state index contributed by atoms with van der Waals surface area (Å²) in [5, 5.41) is 1.11. The monoisotopic (exact) mass is 420 g/mol. The van der Waals surface area contributed by atoms with Crippen molar-refractivity contribution in [1.29, 1.82) is 0 Å². The number of benzene rings is 2. The summed E-state index contributed by atoms with van der Waals surface area (Å²) in [4.78, 5) is 26.2. The van der Waals surface area contributed by atoms with Gasteiger partial charge in [-0.2, -0.15) is 0 Å². The first-order chi connectivity index (χ1) is 15.0. The number of hydrogen-bond acceptors (Lipinski definition) is 4. The molecule has 31 heavy (non-hydrogen) atoms. The van der Waals surface area contributed by atoms with Gasteiger partial charge in [-0.25, -0.2) is 4.79 Å². The van der Waals surface area contributed by atoms with E-state index >= 15 is 0 Å². The number of aromatic nitrogens is 1. The van der Waals surface area contributed by atoms with E-state index in [1.165, 1.54) is 20.0 Å². The lowest BCUT2D eigenvalue weighted by Gasteiger charge is -2.28. The summed E-state index contributed by atoms with van der Waals surface area (Å²) in [6, 6.07) is 13.9. The maximum Gasteiger partial charge on any atom is 0.337 e. The fourth-order valence-electron chi connectivity index (χ4n) is 4.58. The molecule has 0 spiro atoms. The van der Waals surface area contributed by atoms with Crippen LogP contribution in [0.4, 0.5) is 5.69 Å². The average Bonchev–Trinajstić information content (AvgIpc) is 3.44. The summed E-state index contributed by atoms with van der Waals surface area (Å²) >= 11 is 0. The number of hydrogen-bond donors (Lipinski definition) is 0. The van der Waals surface area contributed by atoms with Gasteiger partial charge in [-0.1, -0.05) is 25.0 Å². The minimum atomic E-state index is -0.392.